The second kappa shape index (κ2) is 11.0. The Labute approximate surface area is 202 Å². The number of benzene rings is 2. The monoisotopic (exact) mass is 481 g/mol. The number of nitrogens with zero attached hydrogens (tertiary/aromatic N) is 4. The van der Waals surface area contributed by atoms with Gasteiger partial charge in [-0.15, -0.1) is 11.3 Å². The largest absolute Gasteiger partial charge is 0.318 e. The molecule has 0 saturated heterocycles. The lowest BCUT2D eigenvalue weighted by molar-refractivity contribution is 0.173. The average molecular weight is 482 g/mol. The fourth-order valence-corrected chi connectivity index (χ4v) is 4.85. The van der Waals surface area contributed by atoms with Crippen LogP contribution in [0, 0.1) is 0 Å². The first-order valence-corrected chi connectivity index (χ1v) is 12.4. The maximum absolute atomic E-state index is 13.5. The second-order valence-electron chi connectivity index (χ2n) is 7.98. The number of hydrogen-bond acceptors (Lipinski definition) is 6. The van der Waals surface area contributed by atoms with Gasteiger partial charge in [0.05, 0.1) is 18.1 Å². The topological polar surface area (TPSA) is 63.1 Å². The Morgan fingerprint density at radius 3 is 2.58 bits per heavy atom. The van der Waals surface area contributed by atoms with Gasteiger partial charge in [0.1, 0.15) is 5.82 Å². The van der Waals surface area contributed by atoms with Gasteiger partial charge in [-0.2, -0.15) is 0 Å². The van der Waals surface area contributed by atoms with E-state index in [0.29, 0.717) is 16.9 Å². The van der Waals surface area contributed by atoms with Crippen LogP contribution in [-0.2, 0) is 13.1 Å². The second-order valence-corrected chi connectivity index (χ2v) is 9.25. The molecule has 0 aliphatic carbocycles. The van der Waals surface area contributed by atoms with E-state index < -0.39 is 0 Å². The van der Waals surface area contributed by atoms with Gasteiger partial charge in [-0.05, 0) is 36.7 Å². The smallest absolute Gasteiger partial charge is 0.281 e. The number of hydrogen-bond donors (Lipinski definition) is 1. The SMILES string of the molecule is CCC(c1nc2scnc2c(=O)n1Cc1ccccc1)N(CCNC)Cc1ccc(Cl)cc1. The number of likely N-dealkylation sites (N-methyl/N-ethyl adjacent to an activating group) is 1. The molecule has 2 aromatic heterocycles. The third kappa shape index (κ3) is 5.50. The lowest BCUT2D eigenvalue weighted by Gasteiger charge is -2.32. The van der Waals surface area contributed by atoms with Crippen molar-refractivity contribution >= 4 is 33.3 Å². The third-order valence-electron chi connectivity index (χ3n) is 5.75. The Kier molecular flexibility index (Phi) is 7.88. The van der Waals surface area contributed by atoms with Crippen molar-refractivity contribution in [3.05, 3.63) is 92.4 Å². The predicted molar refractivity (Wildman–Crippen MR) is 136 cm³/mol. The first-order chi connectivity index (χ1) is 16.1. The first-order valence-electron chi connectivity index (χ1n) is 11.1. The van der Waals surface area contributed by atoms with Crippen molar-refractivity contribution in [2.45, 2.75) is 32.5 Å². The summed E-state index contributed by atoms with van der Waals surface area (Å²) in [5.74, 6) is 0.785. The Morgan fingerprint density at radius 2 is 1.88 bits per heavy atom. The molecule has 0 saturated carbocycles. The molecule has 1 N–H and O–H groups in total. The van der Waals surface area contributed by atoms with E-state index in [1.165, 1.54) is 16.9 Å². The highest BCUT2D eigenvalue weighted by Crippen LogP contribution is 2.27. The number of thiazole rings is 1. The molecule has 2 heterocycles. The number of halogens is 1. The molecule has 0 spiro atoms. The highest BCUT2D eigenvalue weighted by Gasteiger charge is 2.26. The number of aromatic nitrogens is 3. The van der Waals surface area contributed by atoms with Gasteiger partial charge in [-0.3, -0.25) is 14.3 Å². The molecule has 0 radical (unpaired) electrons. The zero-order valence-corrected chi connectivity index (χ0v) is 20.4. The van der Waals surface area contributed by atoms with E-state index >= 15 is 0 Å². The van der Waals surface area contributed by atoms with E-state index in [2.05, 4.69) is 34.3 Å². The van der Waals surface area contributed by atoms with E-state index in [4.69, 9.17) is 16.6 Å². The summed E-state index contributed by atoms with van der Waals surface area (Å²) in [5, 5.41) is 3.98. The summed E-state index contributed by atoms with van der Waals surface area (Å²) < 4.78 is 1.81. The van der Waals surface area contributed by atoms with E-state index in [0.717, 1.165) is 42.5 Å². The summed E-state index contributed by atoms with van der Waals surface area (Å²) >= 11 is 7.51. The van der Waals surface area contributed by atoms with Crippen LogP contribution >= 0.6 is 22.9 Å². The molecular weight excluding hydrogens is 454 g/mol. The van der Waals surface area contributed by atoms with E-state index in [1.807, 2.05) is 49.5 Å². The fraction of sp³-hybridized carbons (Fsp3) is 0.320. The summed E-state index contributed by atoms with van der Waals surface area (Å²) in [6, 6.07) is 18.0. The average Bonchev–Trinajstić information content (AvgIpc) is 3.31. The number of nitrogens with one attached hydrogen (secondary N) is 1. The summed E-state index contributed by atoms with van der Waals surface area (Å²) in [6.07, 6.45) is 0.822. The van der Waals surface area contributed by atoms with Crippen molar-refractivity contribution < 1.29 is 0 Å². The molecule has 1 atom stereocenters. The Balaban J connectivity index is 1.78. The fourth-order valence-electron chi connectivity index (χ4n) is 4.06. The van der Waals surface area contributed by atoms with E-state index in [-0.39, 0.29) is 11.6 Å². The lowest BCUT2D eigenvalue weighted by Crippen LogP contribution is -2.38. The van der Waals surface area contributed by atoms with Crippen molar-refractivity contribution in [3.8, 4) is 0 Å². The standard InChI is InChI=1S/C25H28ClN5OS/c1-3-21(30(14-13-27-2)15-19-9-11-20(26)12-10-19)23-29-24-22(28-17-33-24)25(32)31(23)16-18-7-5-4-6-8-18/h4-12,17,21,27H,3,13-16H2,1-2H3. The zero-order chi connectivity index (χ0) is 23.2. The van der Waals surface area contributed by atoms with Crippen LogP contribution in [0.25, 0.3) is 10.3 Å². The molecule has 0 amide bonds. The molecular formula is C25H28ClN5OS. The molecule has 0 bridgehead atoms. The van der Waals surface area contributed by atoms with Crippen LogP contribution in [0.4, 0.5) is 0 Å². The number of rotatable bonds is 10. The first kappa shape index (κ1) is 23.6. The Hall–Kier alpha value is -2.58. The molecule has 33 heavy (non-hydrogen) atoms. The molecule has 0 fully saturated rings. The highest BCUT2D eigenvalue weighted by atomic mass is 35.5. The molecule has 0 aliphatic heterocycles. The van der Waals surface area contributed by atoms with Crippen LogP contribution < -0.4 is 10.9 Å². The van der Waals surface area contributed by atoms with Crippen LogP contribution in [0.3, 0.4) is 0 Å². The summed E-state index contributed by atoms with van der Waals surface area (Å²) in [7, 11) is 1.95. The normalized spacial score (nSPS) is 12.5. The van der Waals surface area contributed by atoms with Crippen molar-refractivity contribution in [2.24, 2.45) is 0 Å². The highest BCUT2D eigenvalue weighted by molar-refractivity contribution is 7.16. The molecule has 6 nitrogen and oxygen atoms in total. The van der Waals surface area contributed by atoms with Gasteiger partial charge in [0, 0.05) is 24.7 Å². The molecule has 4 rings (SSSR count). The van der Waals surface area contributed by atoms with Crippen molar-refractivity contribution in [1.82, 2.24) is 24.8 Å². The predicted octanol–water partition coefficient (Wildman–Crippen LogP) is 4.73. The molecule has 1 unspecified atom stereocenters. The molecule has 172 valence electrons. The summed E-state index contributed by atoms with van der Waals surface area (Å²) in [5.41, 5.74) is 4.28. The Bertz CT molecular complexity index is 1240. The summed E-state index contributed by atoms with van der Waals surface area (Å²) in [6.45, 7) is 5.00. The minimum Gasteiger partial charge on any atom is -0.318 e. The van der Waals surface area contributed by atoms with Gasteiger partial charge in [0.25, 0.3) is 5.56 Å². The molecule has 2 aromatic carbocycles. The van der Waals surface area contributed by atoms with Gasteiger partial charge < -0.3 is 5.32 Å². The van der Waals surface area contributed by atoms with E-state index in [1.54, 1.807) is 10.1 Å². The van der Waals surface area contributed by atoms with Crippen molar-refractivity contribution in [1.29, 1.82) is 0 Å². The lowest BCUT2D eigenvalue weighted by atomic mass is 10.1. The van der Waals surface area contributed by atoms with Crippen LogP contribution in [0.2, 0.25) is 5.02 Å². The van der Waals surface area contributed by atoms with Crippen molar-refractivity contribution in [2.75, 3.05) is 20.1 Å². The maximum atomic E-state index is 13.5. The zero-order valence-electron chi connectivity index (χ0n) is 18.9. The van der Waals surface area contributed by atoms with Gasteiger partial charge in [0.15, 0.2) is 10.3 Å². The van der Waals surface area contributed by atoms with Crippen molar-refractivity contribution in [3.63, 3.8) is 0 Å². The van der Waals surface area contributed by atoms with Gasteiger partial charge in [-0.25, -0.2) is 9.97 Å². The molecule has 8 heteroatoms. The third-order valence-corrected chi connectivity index (χ3v) is 6.72. The summed E-state index contributed by atoms with van der Waals surface area (Å²) in [4.78, 5) is 25.9. The van der Waals surface area contributed by atoms with Gasteiger partial charge in [-0.1, -0.05) is 61.0 Å². The minimum atomic E-state index is -0.0846. The van der Waals surface area contributed by atoms with Gasteiger partial charge in [0.2, 0.25) is 0 Å². The van der Waals surface area contributed by atoms with Crippen LogP contribution in [0.15, 0.2) is 64.9 Å². The Morgan fingerprint density at radius 1 is 1.12 bits per heavy atom. The molecule has 0 aliphatic rings. The minimum absolute atomic E-state index is 0.0306. The molecule has 4 aromatic rings. The van der Waals surface area contributed by atoms with Crippen LogP contribution in [0.5, 0.6) is 0 Å². The van der Waals surface area contributed by atoms with Crippen LogP contribution in [0.1, 0.15) is 36.3 Å². The number of fused-ring (bicyclic) bond motifs is 1. The van der Waals surface area contributed by atoms with E-state index in [9.17, 15) is 4.79 Å². The quantitative estimate of drug-likeness (QED) is 0.355. The van der Waals surface area contributed by atoms with Crippen LogP contribution in [-0.4, -0.2) is 39.6 Å². The maximum Gasteiger partial charge on any atom is 0.281 e. The van der Waals surface area contributed by atoms with Gasteiger partial charge >= 0.3 is 0 Å².